The van der Waals surface area contributed by atoms with Crippen molar-refractivity contribution in [2.75, 3.05) is 19.5 Å². The molecule has 0 aliphatic carbocycles. The van der Waals surface area contributed by atoms with Gasteiger partial charge in [0.15, 0.2) is 17.3 Å². The third-order valence-electron chi connectivity index (χ3n) is 3.48. The van der Waals surface area contributed by atoms with E-state index in [9.17, 15) is 4.79 Å². The summed E-state index contributed by atoms with van der Waals surface area (Å²) in [5.41, 5.74) is 2.41. The van der Waals surface area contributed by atoms with E-state index in [1.54, 1.807) is 14.2 Å². The van der Waals surface area contributed by atoms with Gasteiger partial charge in [-0.25, -0.2) is 4.98 Å². The summed E-state index contributed by atoms with van der Waals surface area (Å²) in [6, 6.07) is 11.3. The van der Waals surface area contributed by atoms with E-state index in [1.807, 2.05) is 47.0 Å². The molecule has 3 aromatic rings. The number of carbonyl (C=O) groups is 1. The first-order chi connectivity index (χ1) is 11.1. The first-order valence-electron chi connectivity index (χ1n) is 7.11. The van der Waals surface area contributed by atoms with Gasteiger partial charge in [0.25, 0.3) is 0 Å². The quantitative estimate of drug-likeness (QED) is 0.804. The van der Waals surface area contributed by atoms with E-state index in [-0.39, 0.29) is 5.91 Å². The van der Waals surface area contributed by atoms with E-state index < -0.39 is 0 Å². The molecule has 1 aromatic carbocycles. The molecule has 118 valence electrons. The topological polar surface area (TPSA) is 64.9 Å². The Balaban J connectivity index is 2.23. The monoisotopic (exact) mass is 311 g/mol. The van der Waals surface area contributed by atoms with Crippen LogP contribution in [0, 0.1) is 0 Å². The van der Waals surface area contributed by atoms with Gasteiger partial charge in [-0.15, -0.1) is 0 Å². The van der Waals surface area contributed by atoms with E-state index in [1.165, 1.54) is 6.92 Å². The maximum atomic E-state index is 11.5. The molecule has 0 unspecified atom stereocenters. The number of hydrogen-bond acceptors (Lipinski definition) is 4. The average molecular weight is 311 g/mol. The number of nitrogens with zero attached hydrogens (tertiary/aromatic N) is 2. The van der Waals surface area contributed by atoms with Crippen LogP contribution >= 0.6 is 0 Å². The molecule has 1 N–H and O–H groups in total. The lowest BCUT2D eigenvalue weighted by atomic mass is 10.1. The number of carbonyl (C=O) groups excluding carboxylic acids is 1. The molecular weight excluding hydrogens is 294 g/mol. The molecule has 3 rings (SSSR count). The number of ether oxygens (including phenoxy) is 2. The molecule has 2 heterocycles. The summed E-state index contributed by atoms with van der Waals surface area (Å²) in [6.45, 7) is 1.46. The van der Waals surface area contributed by atoms with Crippen molar-refractivity contribution >= 4 is 17.4 Å². The summed E-state index contributed by atoms with van der Waals surface area (Å²) in [5, 5.41) is 2.78. The zero-order valence-electron chi connectivity index (χ0n) is 13.2. The first-order valence-corrected chi connectivity index (χ1v) is 7.11. The minimum atomic E-state index is -0.171. The van der Waals surface area contributed by atoms with Gasteiger partial charge >= 0.3 is 0 Å². The Morgan fingerprint density at radius 2 is 1.91 bits per heavy atom. The van der Waals surface area contributed by atoms with Gasteiger partial charge < -0.3 is 14.8 Å². The number of amides is 1. The maximum absolute atomic E-state index is 11.5. The highest BCUT2D eigenvalue weighted by atomic mass is 16.5. The molecule has 0 aliphatic heterocycles. The van der Waals surface area contributed by atoms with Crippen LogP contribution in [0.15, 0.2) is 42.6 Å². The molecule has 6 heteroatoms. The van der Waals surface area contributed by atoms with Gasteiger partial charge in [-0.2, -0.15) is 0 Å². The highest BCUT2D eigenvalue weighted by Gasteiger charge is 2.16. The molecule has 0 aliphatic rings. The van der Waals surface area contributed by atoms with E-state index in [0.29, 0.717) is 17.3 Å². The Hall–Kier alpha value is -3.02. The van der Waals surface area contributed by atoms with Crippen molar-refractivity contribution in [2.45, 2.75) is 6.92 Å². The third-order valence-corrected chi connectivity index (χ3v) is 3.48. The molecule has 23 heavy (non-hydrogen) atoms. The molecule has 0 radical (unpaired) electrons. The zero-order chi connectivity index (χ0) is 16.4. The van der Waals surface area contributed by atoms with Crippen molar-refractivity contribution in [3.63, 3.8) is 0 Å². The van der Waals surface area contributed by atoms with E-state index >= 15 is 0 Å². The fraction of sp³-hybridized carbons (Fsp3) is 0.176. The predicted octanol–water partition coefficient (Wildman–Crippen LogP) is 2.98. The van der Waals surface area contributed by atoms with Crippen molar-refractivity contribution < 1.29 is 14.3 Å². The van der Waals surface area contributed by atoms with Crippen LogP contribution < -0.4 is 14.8 Å². The molecule has 0 spiro atoms. The summed E-state index contributed by atoms with van der Waals surface area (Å²) in [7, 11) is 3.18. The number of methoxy groups -OCH3 is 2. The summed E-state index contributed by atoms with van der Waals surface area (Å²) < 4.78 is 12.6. The highest BCUT2D eigenvalue weighted by Crippen LogP contribution is 2.35. The molecule has 0 saturated carbocycles. The fourth-order valence-electron chi connectivity index (χ4n) is 2.51. The van der Waals surface area contributed by atoms with Crippen LogP contribution in [0.1, 0.15) is 6.92 Å². The number of pyridine rings is 1. The SMILES string of the molecule is COc1ccc(-c2c(NC(C)=O)nc3ccccn23)cc1OC. The predicted molar refractivity (Wildman–Crippen MR) is 88.0 cm³/mol. The summed E-state index contributed by atoms with van der Waals surface area (Å²) >= 11 is 0. The smallest absolute Gasteiger partial charge is 0.222 e. The molecule has 1 amide bonds. The Labute approximate surface area is 133 Å². The van der Waals surface area contributed by atoms with Gasteiger partial charge in [-0.05, 0) is 30.3 Å². The first kappa shape index (κ1) is 14.9. The lowest BCUT2D eigenvalue weighted by Gasteiger charge is -2.11. The molecule has 0 atom stereocenters. The Morgan fingerprint density at radius 3 is 2.61 bits per heavy atom. The van der Waals surface area contributed by atoms with Crippen LogP contribution in [0.25, 0.3) is 16.9 Å². The number of rotatable bonds is 4. The fourth-order valence-corrected chi connectivity index (χ4v) is 2.51. The van der Waals surface area contributed by atoms with Crippen molar-refractivity contribution in [2.24, 2.45) is 0 Å². The van der Waals surface area contributed by atoms with Crippen molar-refractivity contribution in [3.8, 4) is 22.8 Å². The minimum Gasteiger partial charge on any atom is -0.493 e. The minimum absolute atomic E-state index is 0.171. The zero-order valence-corrected chi connectivity index (χ0v) is 13.2. The van der Waals surface area contributed by atoms with Crippen LogP contribution in [0.3, 0.4) is 0 Å². The second-order valence-corrected chi connectivity index (χ2v) is 4.99. The molecule has 6 nitrogen and oxygen atoms in total. The number of nitrogens with one attached hydrogen (secondary N) is 1. The normalized spacial score (nSPS) is 10.6. The van der Waals surface area contributed by atoms with Crippen molar-refractivity contribution in [3.05, 3.63) is 42.6 Å². The molecule has 2 aromatic heterocycles. The number of imidazole rings is 1. The van der Waals surface area contributed by atoms with Crippen LogP contribution in [0.2, 0.25) is 0 Å². The maximum Gasteiger partial charge on any atom is 0.222 e. The van der Waals surface area contributed by atoms with Gasteiger partial charge in [0.1, 0.15) is 5.65 Å². The second kappa shape index (κ2) is 6.00. The number of aromatic nitrogens is 2. The van der Waals surface area contributed by atoms with Crippen molar-refractivity contribution in [1.29, 1.82) is 0 Å². The highest BCUT2D eigenvalue weighted by molar-refractivity contribution is 5.93. The van der Waals surface area contributed by atoms with E-state index in [4.69, 9.17) is 9.47 Å². The van der Waals surface area contributed by atoms with Gasteiger partial charge in [0.2, 0.25) is 5.91 Å². The van der Waals surface area contributed by atoms with Crippen LogP contribution in [0.4, 0.5) is 5.82 Å². The second-order valence-electron chi connectivity index (χ2n) is 4.99. The van der Waals surface area contributed by atoms with Crippen LogP contribution in [-0.2, 0) is 4.79 Å². The van der Waals surface area contributed by atoms with Gasteiger partial charge in [0.05, 0.1) is 19.9 Å². The Kier molecular flexibility index (Phi) is 3.89. The number of fused-ring (bicyclic) bond motifs is 1. The van der Waals surface area contributed by atoms with Crippen LogP contribution in [0.5, 0.6) is 11.5 Å². The van der Waals surface area contributed by atoms with E-state index in [2.05, 4.69) is 10.3 Å². The summed E-state index contributed by atoms with van der Waals surface area (Å²) in [4.78, 5) is 16.0. The lowest BCUT2D eigenvalue weighted by molar-refractivity contribution is -0.114. The number of hydrogen-bond donors (Lipinski definition) is 1. The summed E-state index contributed by atoms with van der Waals surface area (Å²) in [6.07, 6.45) is 1.90. The Morgan fingerprint density at radius 1 is 1.13 bits per heavy atom. The van der Waals surface area contributed by atoms with Gasteiger partial charge in [-0.3, -0.25) is 9.20 Å². The Bertz CT molecular complexity index is 871. The number of benzene rings is 1. The van der Waals surface area contributed by atoms with E-state index in [0.717, 1.165) is 16.9 Å². The van der Waals surface area contributed by atoms with Crippen molar-refractivity contribution in [1.82, 2.24) is 9.38 Å². The number of anilines is 1. The molecule has 0 fully saturated rings. The summed E-state index contributed by atoms with van der Waals surface area (Å²) in [5.74, 6) is 1.60. The molecular formula is C17H17N3O3. The molecule has 0 bridgehead atoms. The largest absolute Gasteiger partial charge is 0.493 e. The average Bonchev–Trinajstić information content (AvgIpc) is 2.91. The standard InChI is InChI=1S/C17H17N3O3/c1-11(21)18-17-16(20-9-5-4-6-15(20)19-17)12-7-8-13(22-2)14(10-12)23-3/h4-10H,1-3H3,(H,18,21). The molecule has 0 saturated heterocycles. The third kappa shape index (κ3) is 2.70. The van der Waals surface area contributed by atoms with Crippen LogP contribution in [-0.4, -0.2) is 29.5 Å². The van der Waals surface area contributed by atoms with Gasteiger partial charge in [0, 0.05) is 18.7 Å². The lowest BCUT2D eigenvalue weighted by Crippen LogP contribution is -2.07. The van der Waals surface area contributed by atoms with Gasteiger partial charge in [-0.1, -0.05) is 6.07 Å².